The van der Waals surface area contributed by atoms with Gasteiger partial charge in [0.25, 0.3) is 0 Å². The lowest BCUT2D eigenvalue weighted by Gasteiger charge is -2.53. The van der Waals surface area contributed by atoms with Crippen LogP contribution in [0.3, 0.4) is 0 Å². The number of fused-ring (bicyclic) bond motifs is 5. The molecule has 248 valence electrons. The van der Waals surface area contributed by atoms with Crippen LogP contribution in [0, 0.1) is 29.1 Å². The minimum absolute atomic E-state index is 0.108. The topological polar surface area (TPSA) is 130 Å². The molecule has 0 aromatic carbocycles. The summed E-state index contributed by atoms with van der Waals surface area (Å²) >= 11 is 0. The van der Waals surface area contributed by atoms with Gasteiger partial charge in [-0.05, 0) is 24.5 Å². The van der Waals surface area contributed by atoms with Gasteiger partial charge in [-0.15, -0.1) is 0 Å². The van der Waals surface area contributed by atoms with Crippen molar-refractivity contribution in [1.29, 1.82) is 0 Å². The van der Waals surface area contributed by atoms with Gasteiger partial charge in [-0.3, -0.25) is 14.4 Å². The van der Waals surface area contributed by atoms with E-state index in [4.69, 9.17) is 9.47 Å². The molecule has 8 atom stereocenters. The summed E-state index contributed by atoms with van der Waals surface area (Å²) in [5, 5.41) is 34.8. The second kappa shape index (κ2) is 13.4. The zero-order chi connectivity index (χ0) is 32.5. The van der Waals surface area contributed by atoms with E-state index in [1.807, 2.05) is 13.8 Å². The molecule has 2 fully saturated rings. The van der Waals surface area contributed by atoms with Crippen molar-refractivity contribution in [2.45, 2.75) is 148 Å². The zero-order valence-electron chi connectivity index (χ0n) is 27.8. The highest BCUT2D eigenvalue weighted by Gasteiger charge is 2.87. The summed E-state index contributed by atoms with van der Waals surface area (Å²) < 4.78 is 12.3. The minimum Gasteiger partial charge on any atom is -0.458 e. The standard InChI is InChI=1S/C36H56O8/c1-7-8-9-10-11-12-13-14-15-16-17-18-29(39)43-32-24(3)35(42)27(30-33(5,6)36(30,32)44-25(4)38)20-26(22-37)21-34(41)28(35)19-23(2)31(34)40/h19-20,24,27-28,30,32,37,41-42H,7-18,21-22H2,1-6H3/t24-,27+,28-,30+,32+,34-,35+,36-/m1/s1. The third kappa shape index (κ3) is 5.84. The highest BCUT2D eigenvalue weighted by atomic mass is 16.6. The maximum absolute atomic E-state index is 13.3. The van der Waals surface area contributed by atoms with Gasteiger partial charge in [0.2, 0.25) is 0 Å². The van der Waals surface area contributed by atoms with E-state index in [1.165, 1.54) is 51.9 Å². The van der Waals surface area contributed by atoms with Crippen molar-refractivity contribution in [3.05, 3.63) is 23.3 Å². The molecule has 0 unspecified atom stereocenters. The number of aliphatic hydroxyl groups is 3. The SMILES string of the molecule is CCCCCCCCCCCCCC(=O)O[C@H]1[C@@H](C)[C@]2(O)[C@@H](C=C(CO)C[C@]3(O)C(=O)C(C)=C[C@@H]23)[C@H]2C(C)(C)[C@]12OC(C)=O. The lowest BCUT2D eigenvalue weighted by atomic mass is 9.59. The van der Waals surface area contributed by atoms with Crippen molar-refractivity contribution in [1.82, 2.24) is 0 Å². The maximum atomic E-state index is 13.3. The van der Waals surface area contributed by atoms with Gasteiger partial charge in [-0.1, -0.05) is 104 Å². The molecule has 0 aliphatic heterocycles. The van der Waals surface area contributed by atoms with Crippen LogP contribution in [-0.2, 0) is 23.9 Å². The number of carbonyl (C=O) groups excluding carboxylic acids is 3. The predicted octanol–water partition coefficient (Wildman–Crippen LogP) is 5.75. The molecule has 0 spiro atoms. The van der Waals surface area contributed by atoms with Gasteiger partial charge in [-0.2, -0.15) is 0 Å². The molecule has 4 rings (SSSR count). The Labute approximate surface area is 263 Å². The molecule has 0 heterocycles. The Morgan fingerprint density at radius 3 is 2.07 bits per heavy atom. The molecule has 8 heteroatoms. The van der Waals surface area contributed by atoms with E-state index < -0.39 is 69.7 Å². The Balaban J connectivity index is 1.51. The Hall–Kier alpha value is -2.03. The summed E-state index contributed by atoms with van der Waals surface area (Å²) in [7, 11) is 0. The van der Waals surface area contributed by atoms with Crippen molar-refractivity contribution >= 4 is 17.7 Å². The molecule has 3 N–H and O–H groups in total. The second-order valence-electron chi connectivity index (χ2n) is 14.7. The Kier molecular flexibility index (Phi) is 10.6. The number of hydrogen-bond donors (Lipinski definition) is 3. The van der Waals surface area contributed by atoms with Crippen molar-refractivity contribution in [3.8, 4) is 0 Å². The van der Waals surface area contributed by atoms with E-state index in [0.29, 0.717) is 17.6 Å². The first-order valence-corrected chi connectivity index (χ1v) is 17.1. The van der Waals surface area contributed by atoms with Crippen LogP contribution >= 0.6 is 0 Å². The van der Waals surface area contributed by atoms with Crippen LogP contribution in [0.1, 0.15) is 125 Å². The summed E-state index contributed by atoms with van der Waals surface area (Å²) in [6.45, 7) is 10.4. The van der Waals surface area contributed by atoms with Crippen LogP contribution in [0.4, 0.5) is 0 Å². The van der Waals surface area contributed by atoms with Crippen LogP contribution in [0.15, 0.2) is 23.3 Å². The fraction of sp³-hybridized carbons (Fsp3) is 0.806. The first-order chi connectivity index (χ1) is 20.7. The lowest BCUT2D eigenvalue weighted by Crippen LogP contribution is -2.66. The highest BCUT2D eigenvalue weighted by Crippen LogP contribution is 2.77. The van der Waals surface area contributed by atoms with Crippen molar-refractivity contribution < 1.29 is 39.2 Å². The lowest BCUT2D eigenvalue weighted by molar-refractivity contribution is -0.228. The van der Waals surface area contributed by atoms with Gasteiger partial charge in [0, 0.05) is 48.9 Å². The summed E-state index contributed by atoms with van der Waals surface area (Å²) in [5.74, 6) is -4.29. The van der Waals surface area contributed by atoms with Gasteiger partial charge < -0.3 is 24.8 Å². The number of esters is 2. The Bertz CT molecular complexity index is 1150. The van der Waals surface area contributed by atoms with E-state index in [2.05, 4.69) is 6.92 Å². The van der Waals surface area contributed by atoms with E-state index in [1.54, 1.807) is 26.0 Å². The highest BCUT2D eigenvalue weighted by molar-refractivity contribution is 6.04. The van der Waals surface area contributed by atoms with Crippen LogP contribution in [-0.4, -0.2) is 62.6 Å². The van der Waals surface area contributed by atoms with Gasteiger partial charge in [-0.25, -0.2) is 0 Å². The quantitative estimate of drug-likeness (QED) is 0.120. The van der Waals surface area contributed by atoms with Crippen LogP contribution in [0.2, 0.25) is 0 Å². The molecule has 8 nitrogen and oxygen atoms in total. The Morgan fingerprint density at radius 1 is 0.955 bits per heavy atom. The van der Waals surface area contributed by atoms with E-state index >= 15 is 0 Å². The summed E-state index contributed by atoms with van der Waals surface area (Å²) in [4.78, 5) is 39.1. The summed E-state index contributed by atoms with van der Waals surface area (Å²) in [5.41, 5.74) is -4.71. The predicted molar refractivity (Wildman–Crippen MR) is 167 cm³/mol. The number of unbranched alkanes of at least 4 members (excludes halogenated alkanes) is 10. The fourth-order valence-electron chi connectivity index (χ4n) is 9.20. The molecule has 0 amide bonds. The fourth-order valence-corrected chi connectivity index (χ4v) is 9.20. The monoisotopic (exact) mass is 616 g/mol. The smallest absolute Gasteiger partial charge is 0.306 e. The van der Waals surface area contributed by atoms with E-state index in [9.17, 15) is 29.7 Å². The molecule has 44 heavy (non-hydrogen) atoms. The molecule has 2 saturated carbocycles. The van der Waals surface area contributed by atoms with Crippen LogP contribution in [0.25, 0.3) is 0 Å². The number of ether oxygens (including phenoxy) is 2. The van der Waals surface area contributed by atoms with Crippen molar-refractivity contribution in [3.63, 3.8) is 0 Å². The number of rotatable bonds is 15. The van der Waals surface area contributed by atoms with E-state index in [0.717, 1.165) is 19.3 Å². The number of Topliss-reactive ketones (excluding diaryl/α,β-unsaturated/α-hetero) is 1. The van der Waals surface area contributed by atoms with Crippen LogP contribution in [0.5, 0.6) is 0 Å². The zero-order valence-corrected chi connectivity index (χ0v) is 27.8. The molecule has 0 aromatic rings. The average molecular weight is 617 g/mol. The summed E-state index contributed by atoms with van der Waals surface area (Å²) in [6, 6.07) is 0. The molecule has 4 aliphatic carbocycles. The van der Waals surface area contributed by atoms with Crippen molar-refractivity contribution in [2.24, 2.45) is 29.1 Å². The van der Waals surface area contributed by atoms with Crippen molar-refractivity contribution in [2.75, 3.05) is 6.61 Å². The van der Waals surface area contributed by atoms with Gasteiger partial charge in [0.15, 0.2) is 11.4 Å². The molecule has 4 aliphatic rings. The normalized spacial score (nSPS) is 36.8. The number of ketones is 1. The van der Waals surface area contributed by atoms with Crippen LogP contribution < -0.4 is 0 Å². The first-order valence-electron chi connectivity index (χ1n) is 17.1. The largest absolute Gasteiger partial charge is 0.458 e. The van der Waals surface area contributed by atoms with E-state index in [-0.39, 0.29) is 19.4 Å². The second-order valence-corrected chi connectivity index (χ2v) is 14.7. The molecule has 0 aromatic heterocycles. The minimum atomic E-state index is -1.93. The maximum Gasteiger partial charge on any atom is 0.306 e. The third-order valence-corrected chi connectivity index (χ3v) is 11.5. The summed E-state index contributed by atoms with van der Waals surface area (Å²) in [6.07, 6.45) is 15.4. The molecular weight excluding hydrogens is 560 g/mol. The third-order valence-electron chi connectivity index (χ3n) is 11.5. The van der Waals surface area contributed by atoms with Gasteiger partial charge in [0.05, 0.1) is 12.2 Å². The Morgan fingerprint density at radius 2 is 1.52 bits per heavy atom. The molecule has 0 bridgehead atoms. The number of carbonyl (C=O) groups is 3. The first kappa shape index (κ1) is 34.8. The molecule has 0 radical (unpaired) electrons. The molecule has 0 saturated heterocycles. The number of hydrogen-bond acceptors (Lipinski definition) is 8. The number of aliphatic hydroxyl groups excluding tert-OH is 1. The van der Waals surface area contributed by atoms with Gasteiger partial charge >= 0.3 is 11.9 Å². The van der Waals surface area contributed by atoms with Gasteiger partial charge in [0.1, 0.15) is 11.7 Å². The molecular formula is C36H56O8. The average Bonchev–Trinajstić information content (AvgIpc) is 3.38.